The van der Waals surface area contributed by atoms with Gasteiger partial charge in [-0.25, -0.2) is 0 Å². The van der Waals surface area contributed by atoms with E-state index in [9.17, 15) is 0 Å². The molecule has 0 radical (unpaired) electrons. The molecule has 110 valence electrons. The summed E-state index contributed by atoms with van der Waals surface area (Å²) in [6.45, 7) is 2.77. The molecule has 3 N–H and O–H groups in total. The Morgan fingerprint density at radius 3 is 3.05 bits per heavy atom. The van der Waals surface area contributed by atoms with Crippen LogP contribution in [0, 0.1) is 0 Å². The summed E-state index contributed by atoms with van der Waals surface area (Å²) >= 11 is 6.27. The Morgan fingerprint density at radius 2 is 2.40 bits per heavy atom. The minimum absolute atomic E-state index is 0.0656. The predicted molar refractivity (Wildman–Crippen MR) is 79.3 cm³/mol. The smallest absolute Gasteiger partial charge is 0.170 e. The number of hydrogen-bond donors (Lipinski definition) is 2. The largest absolute Gasteiger partial charge is 0.409 e. The maximum Gasteiger partial charge on any atom is 0.170 e. The van der Waals surface area contributed by atoms with E-state index in [1.807, 2.05) is 12.1 Å². The maximum absolute atomic E-state index is 8.66. The number of halogens is 1. The van der Waals surface area contributed by atoms with Crippen molar-refractivity contribution in [2.45, 2.75) is 25.5 Å². The number of nitrogens with two attached hydrogens (primary N) is 1. The number of ether oxygens (including phenoxy) is 1. The summed E-state index contributed by atoms with van der Waals surface area (Å²) in [5, 5.41) is 12.3. The number of oxime groups is 1. The van der Waals surface area contributed by atoms with Crippen molar-refractivity contribution in [3.8, 4) is 0 Å². The van der Waals surface area contributed by atoms with Gasteiger partial charge in [-0.2, -0.15) is 0 Å². The van der Waals surface area contributed by atoms with Crippen molar-refractivity contribution >= 4 is 17.4 Å². The number of piperidine rings is 1. The fraction of sp³-hybridized carbons (Fsp3) is 0.500. The molecule has 20 heavy (non-hydrogen) atoms. The van der Waals surface area contributed by atoms with Crippen LogP contribution in [0.2, 0.25) is 5.02 Å². The van der Waals surface area contributed by atoms with Crippen molar-refractivity contribution in [3.63, 3.8) is 0 Å². The lowest BCUT2D eigenvalue weighted by Gasteiger charge is -2.32. The van der Waals surface area contributed by atoms with Gasteiger partial charge in [0.1, 0.15) is 0 Å². The molecular formula is C14H20ClN3O2. The summed E-state index contributed by atoms with van der Waals surface area (Å²) in [6.07, 6.45) is 2.56. The second-order valence-corrected chi connectivity index (χ2v) is 5.43. The molecule has 1 aliphatic rings. The first kappa shape index (κ1) is 15.1. The number of rotatable bonds is 4. The zero-order valence-electron chi connectivity index (χ0n) is 11.6. The molecule has 1 aromatic rings. The van der Waals surface area contributed by atoms with Gasteiger partial charge in [-0.05, 0) is 31.0 Å². The molecule has 1 atom stereocenters. The molecule has 1 unspecified atom stereocenters. The van der Waals surface area contributed by atoms with Crippen LogP contribution in [0.15, 0.2) is 23.4 Å². The van der Waals surface area contributed by atoms with Crippen molar-refractivity contribution in [2.24, 2.45) is 10.9 Å². The van der Waals surface area contributed by atoms with E-state index in [1.54, 1.807) is 13.2 Å². The van der Waals surface area contributed by atoms with Gasteiger partial charge in [0.05, 0.1) is 6.10 Å². The highest BCUT2D eigenvalue weighted by atomic mass is 35.5. The van der Waals surface area contributed by atoms with Crippen LogP contribution in [0.4, 0.5) is 0 Å². The van der Waals surface area contributed by atoms with Gasteiger partial charge in [0.15, 0.2) is 5.84 Å². The second kappa shape index (κ2) is 6.92. The first-order valence-corrected chi connectivity index (χ1v) is 7.03. The molecule has 1 aliphatic heterocycles. The van der Waals surface area contributed by atoms with E-state index in [-0.39, 0.29) is 5.84 Å². The Morgan fingerprint density at radius 1 is 1.60 bits per heavy atom. The summed E-state index contributed by atoms with van der Waals surface area (Å²) in [5.74, 6) is 0.0656. The number of benzene rings is 1. The van der Waals surface area contributed by atoms with Crippen LogP contribution in [-0.2, 0) is 11.3 Å². The third-order valence-electron chi connectivity index (χ3n) is 3.65. The second-order valence-electron chi connectivity index (χ2n) is 5.03. The molecular weight excluding hydrogens is 278 g/mol. The van der Waals surface area contributed by atoms with Crippen LogP contribution in [0.1, 0.15) is 24.0 Å². The molecule has 6 heteroatoms. The van der Waals surface area contributed by atoms with Gasteiger partial charge >= 0.3 is 0 Å². The molecule has 2 rings (SSSR count). The van der Waals surface area contributed by atoms with Crippen LogP contribution < -0.4 is 5.73 Å². The Labute approximate surface area is 124 Å². The Hall–Kier alpha value is -1.30. The van der Waals surface area contributed by atoms with Crippen molar-refractivity contribution in [1.82, 2.24) is 4.90 Å². The predicted octanol–water partition coefficient (Wildman–Crippen LogP) is 2.05. The van der Waals surface area contributed by atoms with Gasteiger partial charge in [0.25, 0.3) is 0 Å². The average molecular weight is 298 g/mol. The number of amidine groups is 1. The number of likely N-dealkylation sites (tertiary alicyclic amines) is 1. The number of methoxy groups -OCH3 is 1. The molecule has 0 saturated carbocycles. The third kappa shape index (κ3) is 3.62. The van der Waals surface area contributed by atoms with E-state index in [4.69, 9.17) is 27.3 Å². The normalized spacial score (nSPS) is 21.1. The highest BCUT2D eigenvalue weighted by Crippen LogP contribution is 2.22. The highest BCUT2D eigenvalue weighted by molar-refractivity contribution is 6.31. The fourth-order valence-corrected chi connectivity index (χ4v) is 2.72. The van der Waals surface area contributed by atoms with Crippen molar-refractivity contribution in [3.05, 3.63) is 34.3 Å². The summed E-state index contributed by atoms with van der Waals surface area (Å²) in [4.78, 5) is 2.34. The summed E-state index contributed by atoms with van der Waals surface area (Å²) in [6, 6.07) is 5.46. The molecule has 1 saturated heterocycles. The van der Waals surface area contributed by atoms with Crippen molar-refractivity contribution in [1.29, 1.82) is 0 Å². The summed E-state index contributed by atoms with van der Waals surface area (Å²) in [7, 11) is 1.76. The van der Waals surface area contributed by atoms with Crippen LogP contribution in [-0.4, -0.2) is 42.2 Å². The topological polar surface area (TPSA) is 71.1 Å². The van der Waals surface area contributed by atoms with E-state index >= 15 is 0 Å². The zero-order chi connectivity index (χ0) is 14.5. The molecule has 0 amide bonds. The van der Waals surface area contributed by atoms with Crippen LogP contribution in [0.25, 0.3) is 0 Å². The first-order chi connectivity index (χ1) is 9.63. The lowest BCUT2D eigenvalue weighted by molar-refractivity contribution is 0.0285. The number of hydrogen-bond acceptors (Lipinski definition) is 4. The SMILES string of the molecule is COC1CCCN(Cc2ccc(/C(N)=N/O)cc2Cl)C1. The minimum Gasteiger partial charge on any atom is -0.409 e. The Bertz CT molecular complexity index is 493. The molecule has 1 heterocycles. The van der Waals surface area contributed by atoms with Crippen LogP contribution >= 0.6 is 11.6 Å². The van der Waals surface area contributed by atoms with Crippen molar-refractivity contribution < 1.29 is 9.94 Å². The zero-order valence-corrected chi connectivity index (χ0v) is 12.3. The summed E-state index contributed by atoms with van der Waals surface area (Å²) in [5.41, 5.74) is 7.21. The molecule has 0 aliphatic carbocycles. The van der Waals surface area contributed by atoms with Crippen molar-refractivity contribution in [2.75, 3.05) is 20.2 Å². The average Bonchev–Trinajstić information content (AvgIpc) is 2.48. The highest BCUT2D eigenvalue weighted by Gasteiger charge is 2.20. The van der Waals surface area contributed by atoms with Gasteiger partial charge in [0.2, 0.25) is 0 Å². The fourth-order valence-electron chi connectivity index (χ4n) is 2.48. The molecule has 1 aromatic carbocycles. The van der Waals surface area contributed by atoms with E-state index in [1.165, 1.54) is 0 Å². The third-order valence-corrected chi connectivity index (χ3v) is 4.00. The minimum atomic E-state index is 0.0656. The molecule has 0 bridgehead atoms. The quantitative estimate of drug-likeness (QED) is 0.386. The van der Waals surface area contributed by atoms with Gasteiger partial charge in [-0.1, -0.05) is 28.9 Å². The Balaban J connectivity index is 2.06. The number of nitrogens with zero attached hydrogens (tertiary/aromatic N) is 2. The lowest BCUT2D eigenvalue weighted by atomic mass is 10.1. The molecule has 0 aromatic heterocycles. The standard InChI is InChI=1S/C14H20ClN3O2/c1-20-12-3-2-6-18(9-12)8-11-5-4-10(7-13(11)15)14(16)17-19/h4-5,7,12,19H,2-3,6,8-9H2,1H3,(H2,16,17). The monoisotopic (exact) mass is 297 g/mol. The molecule has 1 fully saturated rings. The van der Waals surface area contributed by atoms with Crippen LogP contribution in [0.5, 0.6) is 0 Å². The van der Waals surface area contributed by atoms with E-state index in [2.05, 4.69) is 10.1 Å². The van der Waals surface area contributed by atoms with E-state index in [0.29, 0.717) is 16.7 Å². The van der Waals surface area contributed by atoms with Gasteiger partial charge in [-0.3, -0.25) is 4.90 Å². The molecule has 0 spiro atoms. The molecule has 5 nitrogen and oxygen atoms in total. The Kier molecular flexibility index (Phi) is 5.23. The maximum atomic E-state index is 8.66. The lowest BCUT2D eigenvalue weighted by Crippen LogP contribution is -2.38. The van der Waals surface area contributed by atoms with E-state index < -0.39 is 0 Å². The first-order valence-electron chi connectivity index (χ1n) is 6.65. The van der Waals surface area contributed by atoms with Gasteiger partial charge in [0, 0.05) is 30.8 Å². The van der Waals surface area contributed by atoms with Gasteiger partial charge in [-0.15, -0.1) is 0 Å². The van der Waals surface area contributed by atoms with Crippen LogP contribution in [0.3, 0.4) is 0 Å². The van der Waals surface area contributed by atoms with Gasteiger partial charge < -0.3 is 15.7 Å². The van der Waals surface area contributed by atoms with E-state index in [0.717, 1.165) is 38.0 Å². The summed E-state index contributed by atoms with van der Waals surface area (Å²) < 4.78 is 5.42.